The SMILES string of the molecule is Cc1c(F)cc2c(C)ccnc2c1Br. The Morgan fingerprint density at radius 1 is 1.36 bits per heavy atom. The number of hydrogen-bond acceptors (Lipinski definition) is 1. The van der Waals surface area contributed by atoms with Gasteiger partial charge in [0.05, 0.1) is 5.52 Å². The van der Waals surface area contributed by atoms with Crippen LogP contribution in [0.2, 0.25) is 0 Å². The number of aryl methyl sites for hydroxylation is 1. The van der Waals surface area contributed by atoms with Crippen LogP contribution in [0.25, 0.3) is 10.9 Å². The van der Waals surface area contributed by atoms with Crippen molar-refractivity contribution in [1.82, 2.24) is 4.98 Å². The quantitative estimate of drug-likeness (QED) is 0.697. The largest absolute Gasteiger partial charge is 0.255 e. The van der Waals surface area contributed by atoms with Crippen LogP contribution >= 0.6 is 15.9 Å². The Kier molecular flexibility index (Phi) is 2.27. The monoisotopic (exact) mass is 253 g/mol. The molecular weight excluding hydrogens is 245 g/mol. The number of benzene rings is 1. The third-order valence-electron chi connectivity index (χ3n) is 2.37. The molecule has 1 aromatic heterocycles. The molecular formula is C11H9BrFN. The number of pyridine rings is 1. The van der Waals surface area contributed by atoms with E-state index in [4.69, 9.17) is 0 Å². The first-order valence-corrected chi connectivity index (χ1v) is 5.10. The van der Waals surface area contributed by atoms with Crippen LogP contribution in [0.3, 0.4) is 0 Å². The van der Waals surface area contributed by atoms with Crippen molar-refractivity contribution in [3.8, 4) is 0 Å². The molecule has 0 aliphatic rings. The summed E-state index contributed by atoms with van der Waals surface area (Å²) in [7, 11) is 0. The zero-order valence-corrected chi connectivity index (χ0v) is 9.52. The highest BCUT2D eigenvalue weighted by Gasteiger charge is 2.09. The standard InChI is InChI=1S/C11H9BrFN/c1-6-3-4-14-11-8(6)5-9(13)7(2)10(11)12/h3-5H,1-2H3. The Bertz CT molecular complexity index is 508. The lowest BCUT2D eigenvalue weighted by molar-refractivity contribution is 0.619. The van der Waals surface area contributed by atoms with Crippen LogP contribution < -0.4 is 0 Å². The van der Waals surface area contributed by atoms with E-state index in [1.54, 1.807) is 13.1 Å². The third-order valence-corrected chi connectivity index (χ3v) is 3.34. The Labute approximate surface area is 90.1 Å². The van der Waals surface area contributed by atoms with Crippen LogP contribution in [0.1, 0.15) is 11.1 Å². The van der Waals surface area contributed by atoms with Gasteiger partial charge >= 0.3 is 0 Å². The Morgan fingerprint density at radius 2 is 2.07 bits per heavy atom. The summed E-state index contributed by atoms with van der Waals surface area (Å²) < 4.78 is 14.2. The number of fused-ring (bicyclic) bond motifs is 1. The fraction of sp³-hybridized carbons (Fsp3) is 0.182. The molecule has 1 nitrogen and oxygen atoms in total. The molecule has 3 heteroatoms. The predicted octanol–water partition coefficient (Wildman–Crippen LogP) is 3.75. The maximum atomic E-state index is 13.4. The molecule has 0 unspecified atom stereocenters. The minimum absolute atomic E-state index is 0.194. The molecule has 0 aliphatic heterocycles. The summed E-state index contributed by atoms with van der Waals surface area (Å²) in [6.45, 7) is 3.69. The van der Waals surface area contributed by atoms with E-state index in [-0.39, 0.29) is 5.82 Å². The molecule has 0 atom stereocenters. The molecule has 0 N–H and O–H groups in total. The van der Waals surface area contributed by atoms with Gasteiger partial charge in [0.2, 0.25) is 0 Å². The van der Waals surface area contributed by atoms with Crippen molar-refractivity contribution in [2.45, 2.75) is 13.8 Å². The molecule has 1 heterocycles. The van der Waals surface area contributed by atoms with Gasteiger partial charge in [0.25, 0.3) is 0 Å². The third kappa shape index (κ3) is 1.32. The summed E-state index contributed by atoms with van der Waals surface area (Å²) in [5.74, 6) is -0.194. The van der Waals surface area contributed by atoms with Gasteiger partial charge in [-0.15, -0.1) is 0 Å². The van der Waals surface area contributed by atoms with Crippen LogP contribution in [0, 0.1) is 19.7 Å². The highest BCUT2D eigenvalue weighted by atomic mass is 79.9. The molecule has 2 rings (SSSR count). The van der Waals surface area contributed by atoms with Crippen LogP contribution in [0.4, 0.5) is 4.39 Å². The summed E-state index contributed by atoms with van der Waals surface area (Å²) in [6, 6.07) is 3.42. The zero-order chi connectivity index (χ0) is 10.3. The first-order valence-electron chi connectivity index (χ1n) is 4.31. The molecule has 0 saturated carbocycles. The average molecular weight is 254 g/mol. The molecule has 72 valence electrons. The predicted molar refractivity (Wildman–Crippen MR) is 58.9 cm³/mol. The van der Waals surface area contributed by atoms with E-state index >= 15 is 0 Å². The van der Waals surface area contributed by atoms with E-state index in [0.29, 0.717) is 5.56 Å². The number of hydrogen-bond donors (Lipinski definition) is 0. The van der Waals surface area contributed by atoms with Crippen molar-refractivity contribution in [2.24, 2.45) is 0 Å². The first-order chi connectivity index (χ1) is 6.61. The molecule has 0 bridgehead atoms. The summed E-state index contributed by atoms with van der Waals surface area (Å²) in [6.07, 6.45) is 1.74. The lowest BCUT2D eigenvalue weighted by Crippen LogP contribution is -1.90. The number of rotatable bonds is 0. The summed E-state index contributed by atoms with van der Waals surface area (Å²) in [4.78, 5) is 4.23. The second-order valence-corrected chi connectivity index (χ2v) is 4.11. The van der Waals surface area contributed by atoms with E-state index in [0.717, 1.165) is 20.9 Å². The molecule has 0 radical (unpaired) electrons. The van der Waals surface area contributed by atoms with Gasteiger partial charge in [-0.1, -0.05) is 0 Å². The van der Waals surface area contributed by atoms with Gasteiger partial charge in [0.15, 0.2) is 0 Å². The topological polar surface area (TPSA) is 12.9 Å². The van der Waals surface area contributed by atoms with Crippen LogP contribution in [0.15, 0.2) is 22.8 Å². The maximum Gasteiger partial charge on any atom is 0.128 e. The van der Waals surface area contributed by atoms with Gasteiger partial charge in [-0.25, -0.2) is 4.39 Å². The molecule has 0 saturated heterocycles. The molecule has 0 spiro atoms. The lowest BCUT2D eigenvalue weighted by atomic mass is 10.1. The molecule has 2 aromatic rings. The van der Waals surface area contributed by atoms with Gasteiger partial charge in [0, 0.05) is 21.6 Å². The fourth-order valence-electron chi connectivity index (χ4n) is 1.44. The maximum absolute atomic E-state index is 13.4. The molecule has 0 aliphatic carbocycles. The van der Waals surface area contributed by atoms with Crippen molar-refractivity contribution in [3.05, 3.63) is 39.7 Å². The van der Waals surface area contributed by atoms with Crippen molar-refractivity contribution < 1.29 is 4.39 Å². The number of aromatic nitrogens is 1. The fourth-order valence-corrected chi connectivity index (χ4v) is 1.95. The van der Waals surface area contributed by atoms with Crippen LogP contribution in [0.5, 0.6) is 0 Å². The first kappa shape index (κ1) is 9.59. The molecule has 0 amide bonds. The van der Waals surface area contributed by atoms with E-state index in [1.165, 1.54) is 6.07 Å². The van der Waals surface area contributed by atoms with Gasteiger partial charge in [0.1, 0.15) is 5.82 Å². The second kappa shape index (κ2) is 3.31. The lowest BCUT2D eigenvalue weighted by Gasteiger charge is -2.06. The van der Waals surface area contributed by atoms with E-state index < -0.39 is 0 Å². The van der Waals surface area contributed by atoms with Crippen molar-refractivity contribution in [2.75, 3.05) is 0 Å². The molecule has 0 fully saturated rings. The molecule has 14 heavy (non-hydrogen) atoms. The van der Waals surface area contributed by atoms with Gasteiger partial charge < -0.3 is 0 Å². The minimum atomic E-state index is -0.194. The van der Waals surface area contributed by atoms with Crippen molar-refractivity contribution in [3.63, 3.8) is 0 Å². The van der Waals surface area contributed by atoms with Gasteiger partial charge in [-0.2, -0.15) is 0 Å². The number of nitrogens with zero attached hydrogens (tertiary/aromatic N) is 1. The van der Waals surface area contributed by atoms with E-state index in [1.807, 2.05) is 13.0 Å². The van der Waals surface area contributed by atoms with E-state index in [9.17, 15) is 4.39 Å². The Morgan fingerprint density at radius 3 is 2.79 bits per heavy atom. The molecule has 1 aromatic carbocycles. The van der Waals surface area contributed by atoms with E-state index in [2.05, 4.69) is 20.9 Å². The Hall–Kier alpha value is -0.960. The van der Waals surface area contributed by atoms with Crippen molar-refractivity contribution in [1.29, 1.82) is 0 Å². The smallest absolute Gasteiger partial charge is 0.128 e. The van der Waals surface area contributed by atoms with Crippen molar-refractivity contribution >= 4 is 26.8 Å². The Balaban J connectivity index is 2.98. The van der Waals surface area contributed by atoms with Crippen LogP contribution in [-0.2, 0) is 0 Å². The van der Waals surface area contributed by atoms with Crippen LogP contribution in [-0.4, -0.2) is 4.98 Å². The zero-order valence-electron chi connectivity index (χ0n) is 7.94. The number of halogens is 2. The summed E-state index contributed by atoms with van der Waals surface area (Å²) >= 11 is 3.36. The minimum Gasteiger partial charge on any atom is -0.255 e. The highest BCUT2D eigenvalue weighted by Crippen LogP contribution is 2.29. The van der Waals surface area contributed by atoms with Gasteiger partial charge in [-0.3, -0.25) is 4.98 Å². The summed E-state index contributed by atoms with van der Waals surface area (Å²) in [5.41, 5.74) is 2.47. The second-order valence-electron chi connectivity index (χ2n) is 3.32. The summed E-state index contributed by atoms with van der Waals surface area (Å²) in [5, 5.41) is 0.863. The highest BCUT2D eigenvalue weighted by molar-refractivity contribution is 9.10. The normalized spacial score (nSPS) is 10.9. The van der Waals surface area contributed by atoms with Gasteiger partial charge in [-0.05, 0) is 47.5 Å². The average Bonchev–Trinajstić information content (AvgIpc) is 2.17.